The number of Topliss-reactive ketones (excluding diaryl/α,β-unsaturated/α-hetero) is 1. The molecule has 6 rings (SSSR count). The van der Waals surface area contributed by atoms with Gasteiger partial charge >= 0.3 is 5.97 Å². The maximum Gasteiger partial charge on any atom is 0.326 e. The molecule has 4 aromatic rings. The molecule has 2 fully saturated rings. The highest BCUT2D eigenvalue weighted by Crippen LogP contribution is 2.59. The van der Waals surface area contributed by atoms with Gasteiger partial charge in [0.05, 0.1) is 5.52 Å². The summed E-state index contributed by atoms with van der Waals surface area (Å²) >= 11 is 0. The number of carbonyl (C=O) groups is 4. The Morgan fingerprint density at radius 3 is 2.41 bits per heavy atom. The minimum Gasteiger partial charge on any atom is -0.480 e. The van der Waals surface area contributed by atoms with E-state index >= 15 is 0 Å². The number of benzene rings is 2. The number of aromatic nitrogens is 4. The number of nitrogens with one attached hydrogen (secondary N) is 1. The number of aryl methyl sites for hydroxylation is 2. The molecule has 0 radical (unpaired) electrons. The monoisotopic (exact) mass is 594 g/mol. The Hall–Kier alpha value is -4.93. The maximum atomic E-state index is 13.9. The van der Waals surface area contributed by atoms with Crippen molar-refractivity contribution in [2.24, 2.45) is 5.41 Å². The van der Waals surface area contributed by atoms with Crippen LogP contribution in [0.15, 0.2) is 54.9 Å². The van der Waals surface area contributed by atoms with E-state index in [-0.39, 0.29) is 41.8 Å². The van der Waals surface area contributed by atoms with Crippen molar-refractivity contribution in [3.8, 4) is 11.1 Å². The second-order valence-electron chi connectivity index (χ2n) is 12.3. The topological polar surface area (TPSA) is 147 Å². The van der Waals surface area contributed by atoms with E-state index in [1.807, 2.05) is 56.3 Å². The smallest absolute Gasteiger partial charge is 0.326 e. The van der Waals surface area contributed by atoms with Crippen molar-refractivity contribution >= 4 is 34.5 Å². The van der Waals surface area contributed by atoms with Crippen molar-refractivity contribution in [2.75, 3.05) is 0 Å². The van der Waals surface area contributed by atoms with Gasteiger partial charge in [0.1, 0.15) is 30.1 Å². The fraction of sp³-hybridized carbons (Fsp3) is 0.364. The van der Waals surface area contributed by atoms with Crippen LogP contribution in [0, 0.1) is 19.3 Å². The normalized spacial score (nSPS) is 21.1. The number of carboxylic acids is 1. The molecule has 2 aromatic heterocycles. The molecule has 3 heterocycles. The molecule has 1 aliphatic heterocycles. The summed E-state index contributed by atoms with van der Waals surface area (Å²) in [6.07, 6.45) is 4.81. The Labute approximate surface area is 254 Å². The summed E-state index contributed by atoms with van der Waals surface area (Å²) in [6.45, 7) is 7.02. The van der Waals surface area contributed by atoms with Crippen molar-refractivity contribution in [1.82, 2.24) is 30.0 Å². The van der Waals surface area contributed by atoms with Crippen LogP contribution in [0.1, 0.15) is 54.1 Å². The van der Waals surface area contributed by atoms with E-state index in [0.29, 0.717) is 23.1 Å². The van der Waals surface area contributed by atoms with E-state index in [1.165, 1.54) is 6.92 Å². The molecule has 1 saturated heterocycles. The molecule has 4 atom stereocenters. The fourth-order valence-corrected chi connectivity index (χ4v) is 6.50. The lowest BCUT2D eigenvalue weighted by molar-refractivity contribution is -0.144. The maximum absolute atomic E-state index is 13.9. The van der Waals surface area contributed by atoms with Crippen LogP contribution in [0.5, 0.6) is 0 Å². The number of hydrogen-bond donors (Lipinski definition) is 2. The highest BCUT2D eigenvalue weighted by Gasteiger charge is 2.64. The second-order valence-corrected chi connectivity index (χ2v) is 12.3. The van der Waals surface area contributed by atoms with Gasteiger partial charge in [-0.15, -0.1) is 0 Å². The van der Waals surface area contributed by atoms with E-state index in [2.05, 4.69) is 20.4 Å². The third-order valence-corrected chi connectivity index (χ3v) is 8.89. The first-order valence-electron chi connectivity index (χ1n) is 14.6. The molecule has 44 heavy (non-hydrogen) atoms. The number of carboxylic acid groups (broad SMARTS) is 1. The van der Waals surface area contributed by atoms with Gasteiger partial charge in [0.2, 0.25) is 11.8 Å². The van der Waals surface area contributed by atoms with Crippen molar-refractivity contribution < 1.29 is 24.3 Å². The third-order valence-electron chi connectivity index (χ3n) is 8.89. The zero-order valence-corrected chi connectivity index (χ0v) is 25.1. The van der Waals surface area contributed by atoms with E-state index in [9.17, 15) is 24.3 Å². The molecule has 0 bridgehead atoms. The van der Waals surface area contributed by atoms with E-state index in [0.717, 1.165) is 28.7 Å². The van der Waals surface area contributed by atoms with Crippen LogP contribution in [-0.2, 0) is 27.3 Å². The summed E-state index contributed by atoms with van der Waals surface area (Å²) in [5, 5.41) is 17.7. The minimum atomic E-state index is -1.14. The van der Waals surface area contributed by atoms with Crippen LogP contribution in [0.4, 0.5) is 0 Å². The largest absolute Gasteiger partial charge is 0.480 e. The van der Waals surface area contributed by atoms with Gasteiger partial charge < -0.3 is 15.3 Å². The number of carbonyl (C=O) groups excluding carboxylic acids is 3. The molecular formula is C33H34N6O5. The summed E-state index contributed by atoms with van der Waals surface area (Å²) in [6, 6.07) is 10.9. The molecule has 1 aliphatic carbocycles. The molecular weight excluding hydrogens is 560 g/mol. The number of nitrogens with zero attached hydrogens (tertiary/aromatic N) is 5. The number of likely N-dealkylation sites (tertiary alicyclic amines) is 1. The standard InChI is InChI=1S/C33H34N6O5/c1-18-10-22(23-15-34-20(3)35-16-23)12-24-29(19(2)40)37-38(30(18)24)17-28(41)39-26(13-33(4)14-27(33)39)31(42)36-25(32(43)44)11-21-8-6-5-7-9-21/h5-10,12,15-16,25-27H,11,13-14,17H2,1-4H3,(H,36,42)(H,43,44)/t25?,26-,27-,33+/m1/s1. The Bertz CT molecular complexity index is 1800. The summed E-state index contributed by atoms with van der Waals surface area (Å²) in [5.41, 5.74) is 3.95. The summed E-state index contributed by atoms with van der Waals surface area (Å²) in [7, 11) is 0. The van der Waals surface area contributed by atoms with Gasteiger partial charge in [-0.1, -0.05) is 37.3 Å². The molecule has 2 aliphatic rings. The number of fused-ring (bicyclic) bond motifs is 2. The van der Waals surface area contributed by atoms with Crippen LogP contribution < -0.4 is 5.32 Å². The summed E-state index contributed by atoms with van der Waals surface area (Å²) in [5.74, 6) is -1.50. The Morgan fingerprint density at radius 2 is 1.75 bits per heavy atom. The zero-order chi connectivity index (χ0) is 31.3. The quantitative estimate of drug-likeness (QED) is 0.280. The van der Waals surface area contributed by atoms with Gasteiger partial charge in [0, 0.05) is 42.7 Å². The van der Waals surface area contributed by atoms with Gasteiger partial charge in [-0.3, -0.25) is 19.1 Å². The molecule has 11 nitrogen and oxygen atoms in total. The van der Waals surface area contributed by atoms with E-state index in [1.54, 1.807) is 28.9 Å². The number of amides is 2. The number of ketones is 1. The minimum absolute atomic E-state index is 0.119. The Morgan fingerprint density at radius 1 is 1.05 bits per heavy atom. The van der Waals surface area contributed by atoms with Crippen molar-refractivity contribution in [3.63, 3.8) is 0 Å². The molecule has 2 amide bonds. The van der Waals surface area contributed by atoms with Crippen molar-refractivity contribution in [3.05, 3.63) is 77.5 Å². The third kappa shape index (κ3) is 5.34. The zero-order valence-electron chi connectivity index (χ0n) is 25.1. The number of piperidine rings is 1. The molecule has 2 N–H and O–H groups in total. The second kappa shape index (κ2) is 11.0. The summed E-state index contributed by atoms with van der Waals surface area (Å²) < 4.78 is 1.54. The lowest BCUT2D eigenvalue weighted by atomic mass is 10.0. The van der Waals surface area contributed by atoms with E-state index < -0.39 is 24.0 Å². The van der Waals surface area contributed by atoms with Gasteiger partial charge in [-0.25, -0.2) is 14.8 Å². The fourth-order valence-electron chi connectivity index (χ4n) is 6.50. The highest BCUT2D eigenvalue weighted by molar-refractivity contribution is 6.07. The molecule has 1 saturated carbocycles. The lowest BCUT2D eigenvalue weighted by Crippen LogP contribution is -2.53. The molecule has 226 valence electrons. The van der Waals surface area contributed by atoms with Crippen LogP contribution in [0.2, 0.25) is 0 Å². The first-order valence-corrected chi connectivity index (χ1v) is 14.6. The predicted octanol–water partition coefficient (Wildman–Crippen LogP) is 3.50. The Kier molecular flexibility index (Phi) is 7.27. The van der Waals surface area contributed by atoms with Crippen LogP contribution in [0.25, 0.3) is 22.0 Å². The SMILES string of the molecule is CC(=O)c1nn(CC(=O)N2[C@@H](C(=O)NC(Cc3ccccc3)C(=O)O)C[C@@]3(C)C[C@@H]23)c2c(C)cc(-c3cnc(C)nc3)cc12. The van der Waals surface area contributed by atoms with Crippen molar-refractivity contribution in [1.29, 1.82) is 0 Å². The average Bonchev–Trinajstić information content (AvgIpc) is 3.33. The molecule has 1 unspecified atom stereocenters. The molecule has 11 heteroatoms. The number of rotatable bonds is 9. The van der Waals surface area contributed by atoms with Gasteiger partial charge in [0.15, 0.2) is 5.78 Å². The van der Waals surface area contributed by atoms with Gasteiger partial charge in [0.25, 0.3) is 0 Å². The highest BCUT2D eigenvalue weighted by atomic mass is 16.4. The van der Waals surface area contributed by atoms with Crippen LogP contribution >= 0.6 is 0 Å². The molecule has 0 spiro atoms. The summed E-state index contributed by atoms with van der Waals surface area (Å²) in [4.78, 5) is 62.3. The van der Waals surface area contributed by atoms with Gasteiger partial charge in [-0.2, -0.15) is 5.10 Å². The predicted molar refractivity (Wildman–Crippen MR) is 162 cm³/mol. The van der Waals surface area contributed by atoms with E-state index in [4.69, 9.17) is 0 Å². The van der Waals surface area contributed by atoms with Crippen LogP contribution in [-0.4, -0.2) is 71.4 Å². The Balaban J connectivity index is 1.27. The van der Waals surface area contributed by atoms with Crippen molar-refractivity contribution in [2.45, 2.75) is 71.6 Å². The number of aliphatic carboxylic acids is 1. The first kappa shape index (κ1) is 29.2. The number of hydrogen-bond acceptors (Lipinski definition) is 7. The first-order chi connectivity index (χ1) is 20.9. The van der Waals surface area contributed by atoms with Crippen LogP contribution in [0.3, 0.4) is 0 Å². The average molecular weight is 595 g/mol. The van der Waals surface area contributed by atoms with Gasteiger partial charge in [-0.05, 0) is 60.9 Å². The lowest BCUT2D eigenvalue weighted by Gasteiger charge is -2.28. The molecule has 2 aromatic carbocycles.